The van der Waals surface area contributed by atoms with Crippen LogP contribution < -0.4 is 0 Å². The van der Waals surface area contributed by atoms with Gasteiger partial charge < -0.3 is 4.74 Å². The first-order valence-corrected chi connectivity index (χ1v) is 7.23. The monoisotopic (exact) mass is 252 g/mol. The fraction of sp³-hybridized carbons (Fsp3) is 0.385. The molecule has 1 aliphatic heterocycles. The fourth-order valence-electron chi connectivity index (χ4n) is 1.93. The van der Waals surface area contributed by atoms with Gasteiger partial charge in [0, 0.05) is 0 Å². The van der Waals surface area contributed by atoms with Gasteiger partial charge in [0.1, 0.15) is 5.76 Å². The van der Waals surface area contributed by atoms with Gasteiger partial charge in [-0.2, -0.15) is 0 Å². The Hall–Kier alpha value is -1.29. The summed E-state index contributed by atoms with van der Waals surface area (Å²) in [7, 11) is -3.38. The molecule has 1 aromatic carbocycles. The lowest BCUT2D eigenvalue weighted by molar-refractivity contribution is 0.214. The third-order valence-electron chi connectivity index (χ3n) is 2.89. The van der Waals surface area contributed by atoms with Crippen molar-refractivity contribution in [1.29, 1.82) is 0 Å². The minimum absolute atomic E-state index is 0.347. The van der Waals surface area contributed by atoms with E-state index >= 15 is 0 Å². The predicted molar refractivity (Wildman–Crippen MR) is 66.1 cm³/mol. The number of sulfone groups is 1. The molecule has 0 saturated heterocycles. The van der Waals surface area contributed by atoms with Crippen molar-refractivity contribution in [1.82, 2.24) is 0 Å². The highest BCUT2D eigenvalue weighted by Gasteiger charge is 2.24. The van der Waals surface area contributed by atoms with Crippen LogP contribution in [0.2, 0.25) is 0 Å². The zero-order valence-electron chi connectivity index (χ0n) is 9.85. The van der Waals surface area contributed by atoms with E-state index in [0.29, 0.717) is 28.6 Å². The van der Waals surface area contributed by atoms with Gasteiger partial charge in [-0.3, -0.25) is 0 Å². The van der Waals surface area contributed by atoms with E-state index in [1.165, 1.54) is 0 Å². The van der Waals surface area contributed by atoms with Crippen molar-refractivity contribution in [2.45, 2.75) is 31.1 Å². The lowest BCUT2D eigenvalue weighted by atomic mass is 10.2. The van der Waals surface area contributed by atoms with Gasteiger partial charge in [0.25, 0.3) is 0 Å². The van der Waals surface area contributed by atoms with Crippen molar-refractivity contribution in [3.63, 3.8) is 0 Å². The van der Waals surface area contributed by atoms with Crippen LogP contribution >= 0.6 is 0 Å². The van der Waals surface area contributed by atoms with E-state index in [1.807, 2.05) is 6.07 Å². The van der Waals surface area contributed by atoms with Crippen LogP contribution in [0.25, 0.3) is 0 Å². The fourth-order valence-corrected chi connectivity index (χ4v) is 3.59. The Bertz CT molecular complexity index is 515. The molecule has 3 nitrogen and oxygen atoms in total. The molecule has 1 aromatic rings. The number of allylic oxidation sites excluding steroid dienone is 2. The van der Waals surface area contributed by atoms with E-state index in [-0.39, 0.29) is 0 Å². The Kier molecular flexibility index (Phi) is 3.52. The second kappa shape index (κ2) is 4.92. The van der Waals surface area contributed by atoms with Crippen molar-refractivity contribution >= 4 is 9.84 Å². The van der Waals surface area contributed by atoms with E-state index in [0.717, 1.165) is 12.8 Å². The smallest absolute Gasteiger partial charge is 0.206 e. The molecule has 0 fully saturated rings. The molecule has 0 atom stereocenters. The quantitative estimate of drug-likeness (QED) is 0.813. The normalized spacial score (nSPS) is 17.5. The summed E-state index contributed by atoms with van der Waals surface area (Å²) < 4.78 is 30.2. The van der Waals surface area contributed by atoms with Gasteiger partial charge in [0.2, 0.25) is 9.84 Å². The van der Waals surface area contributed by atoms with Crippen molar-refractivity contribution in [3.05, 3.63) is 41.0 Å². The summed E-state index contributed by atoms with van der Waals surface area (Å²) in [6.45, 7) is 2.35. The first-order valence-electron chi connectivity index (χ1n) is 5.75. The molecule has 0 N–H and O–H groups in total. The zero-order chi connectivity index (χ0) is 12.3. The SMILES string of the molecule is CC1=C(S(=O)(=O)c2ccccc2)CCCCO1. The maximum atomic E-state index is 12.4. The van der Waals surface area contributed by atoms with Crippen molar-refractivity contribution in [2.75, 3.05) is 6.61 Å². The first-order chi connectivity index (χ1) is 8.12. The number of rotatable bonds is 2. The molecule has 0 spiro atoms. The Balaban J connectivity index is 2.45. The predicted octanol–water partition coefficient (Wildman–Crippen LogP) is 2.89. The van der Waals surface area contributed by atoms with Gasteiger partial charge in [-0.05, 0) is 38.3 Å². The molecule has 0 radical (unpaired) electrons. The second-order valence-electron chi connectivity index (χ2n) is 4.10. The van der Waals surface area contributed by atoms with Crippen LogP contribution in [0.1, 0.15) is 26.2 Å². The summed E-state index contributed by atoms with van der Waals surface area (Å²) in [5, 5.41) is 0. The first kappa shape index (κ1) is 12.2. The molecular weight excluding hydrogens is 236 g/mol. The molecule has 0 saturated carbocycles. The maximum Gasteiger partial charge on any atom is 0.206 e. The van der Waals surface area contributed by atoms with Crippen LogP contribution in [0.4, 0.5) is 0 Å². The Morgan fingerprint density at radius 2 is 1.82 bits per heavy atom. The maximum absolute atomic E-state index is 12.4. The van der Waals surface area contributed by atoms with Crippen molar-refractivity contribution in [3.8, 4) is 0 Å². The molecule has 4 heteroatoms. The van der Waals surface area contributed by atoms with Crippen LogP contribution in [0, 0.1) is 0 Å². The number of hydrogen-bond donors (Lipinski definition) is 0. The van der Waals surface area contributed by atoms with E-state index in [9.17, 15) is 8.42 Å². The van der Waals surface area contributed by atoms with Crippen LogP contribution in [0.5, 0.6) is 0 Å². The second-order valence-corrected chi connectivity index (χ2v) is 6.07. The highest BCUT2D eigenvalue weighted by atomic mass is 32.2. The summed E-state index contributed by atoms with van der Waals surface area (Å²) in [6.07, 6.45) is 2.34. The summed E-state index contributed by atoms with van der Waals surface area (Å²) in [5.74, 6) is 0.548. The van der Waals surface area contributed by atoms with Crippen LogP contribution in [0.15, 0.2) is 45.9 Å². The van der Waals surface area contributed by atoms with E-state index in [2.05, 4.69) is 0 Å². The third kappa shape index (κ3) is 2.52. The van der Waals surface area contributed by atoms with Crippen LogP contribution in [-0.4, -0.2) is 15.0 Å². The summed E-state index contributed by atoms with van der Waals surface area (Å²) in [5.41, 5.74) is 0. The molecule has 0 aromatic heterocycles. The third-order valence-corrected chi connectivity index (χ3v) is 4.92. The summed E-state index contributed by atoms with van der Waals surface area (Å²) in [6, 6.07) is 8.53. The van der Waals surface area contributed by atoms with Gasteiger partial charge in [-0.1, -0.05) is 18.2 Å². The van der Waals surface area contributed by atoms with Crippen LogP contribution in [0.3, 0.4) is 0 Å². The van der Waals surface area contributed by atoms with Gasteiger partial charge in [-0.15, -0.1) is 0 Å². The van der Waals surface area contributed by atoms with Gasteiger partial charge in [0.05, 0.1) is 16.4 Å². The molecule has 2 rings (SSSR count). The molecule has 0 aliphatic carbocycles. The van der Waals surface area contributed by atoms with Crippen LogP contribution in [-0.2, 0) is 14.6 Å². The minimum Gasteiger partial charge on any atom is -0.497 e. The largest absolute Gasteiger partial charge is 0.497 e. The highest BCUT2D eigenvalue weighted by Crippen LogP contribution is 2.28. The Morgan fingerprint density at radius 1 is 1.12 bits per heavy atom. The summed E-state index contributed by atoms with van der Waals surface area (Å²) in [4.78, 5) is 0.779. The molecule has 0 amide bonds. The standard InChI is InChI=1S/C13H16O3S/c1-11-13(9-5-6-10-16-11)17(14,15)12-7-3-2-4-8-12/h2-4,7-8H,5-6,9-10H2,1H3. The molecular formula is C13H16O3S. The lowest BCUT2D eigenvalue weighted by Crippen LogP contribution is -2.07. The topological polar surface area (TPSA) is 43.4 Å². The van der Waals surface area contributed by atoms with Gasteiger partial charge in [-0.25, -0.2) is 8.42 Å². The molecule has 0 unspecified atom stereocenters. The van der Waals surface area contributed by atoms with E-state index in [4.69, 9.17) is 4.74 Å². The molecule has 1 aliphatic rings. The van der Waals surface area contributed by atoms with Gasteiger partial charge in [0.15, 0.2) is 0 Å². The molecule has 1 heterocycles. The average Bonchev–Trinajstić information content (AvgIpc) is 2.55. The van der Waals surface area contributed by atoms with Gasteiger partial charge >= 0.3 is 0 Å². The average molecular weight is 252 g/mol. The lowest BCUT2D eigenvalue weighted by Gasteiger charge is -2.10. The van der Waals surface area contributed by atoms with Crippen molar-refractivity contribution < 1.29 is 13.2 Å². The Labute approximate surface area is 102 Å². The van der Waals surface area contributed by atoms with E-state index in [1.54, 1.807) is 31.2 Å². The Morgan fingerprint density at radius 3 is 2.53 bits per heavy atom. The van der Waals surface area contributed by atoms with E-state index < -0.39 is 9.84 Å². The number of benzene rings is 1. The minimum atomic E-state index is -3.38. The number of hydrogen-bond acceptors (Lipinski definition) is 3. The molecule has 92 valence electrons. The summed E-state index contributed by atoms with van der Waals surface area (Å²) >= 11 is 0. The zero-order valence-corrected chi connectivity index (χ0v) is 10.7. The molecule has 0 bridgehead atoms. The number of ether oxygens (including phenoxy) is 1. The van der Waals surface area contributed by atoms with Crippen molar-refractivity contribution in [2.24, 2.45) is 0 Å². The molecule has 17 heavy (non-hydrogen) atoms. The highest BCUT2D eigenvalue weighted by molar-refractivity contribution is 7.95.